The van der Waals surface area contributed by atoms with Crippen LogP contribution in [0.4, 0.5) is 5.69 Å². The summed E-state index contributed by atoms with van der Waals surface area (Å²) in [7, 11) is 1.49. The Morgan fingerprint density at radius 1 is 1.57 bits per heavy atom. The van der Waals surface area contributed by atoms with Crippen molar-refractivity contribution in [3.8, 4) is 11.8 Å². The van der Waals surface area contributed by atoms with Crippen LogP contribution in [0.2, 0.25) is 0 Å². The van der Waals surface area contributed by atoms with Gasteiger partial charge in [-0.05, 0) is 25.0 Å². The third-order valence-electron chi connectivity index (χ3n) is 3.17. The highest BCUT2D eigenvalue weighted by Crippen LogP contribution is 2.25. The van der Waals surface area contributed by atoms with Crippen LogP contribution in [0.1, 0.15) is 18.4 Å². The molecular weight excluding hydrogens is 272 g/mol. The zero-order valence-corrected chi connectivity index (χ0v) is 11.9. The number of amides is 1. The second-order valence-electron chi connectivity index (χ2n) is 4.73. The van der Waals surface area contributed by atoms with Gasteiger partial charge in [-0.15, -0.1) is 0 Å². The monoisotopic (exact) mass is 290 g/mol. The smallest absolute Gasteiger partial charge is 0.250 e. The molecule has 1 unspecified atom stereocenters. The Morgan fingerprint density at radius 2 is 2.43 bits per heavy atom. The van der Waals surface area contributed by atoms with E-state index in [2.05, 4.69) is 5.32 Å². The van der Waals surface area contributed by atoms with Gasteiger partial charge in [0.05, 0.1) is 37.1 Å². The van der Waals surface area contributed by atoms with E-state index in [0.717, 1.165) is 19.4 Å². The van der Waals surface area contributed by atoms with Crippen molar-refractivity contribution in [3.05, 3.63) is 23.8 Å². The number of hydrogen-bond acceptors (Lipinski definition) is 5. The topological polar surface area (TPSA) is 80.6 Å². The lowest BCUT2D eigenvalue weighted by Gasteiger charge is -2.12. The van der Waals surface area contributed by atoms with Crippen LogP contribution in [0.25, 0.3) is 0 Å². The Kier molecular flexibility index (Phi) is 5.55. The number of anilines is 1. The zero-order chi connectivity index (χ0) is 15.1. The Balaban J connectivity index is 1.83. The van der Waals surface area contributed by atoms with E-state index in [1.54, 1.807) is 18.2 Å². The number of rotatable bonds is 6. The summed E-state index contributed by atoms with van der Waals surface area (Å²) in [5.74, 6) is 0.178. The minimum Gasteiger partial charge on any atom is -0.495 e. The van der Waals surface area contributed by atoms with Gasteiger partial charge in [0.15, 0.2) is 0 Å². The first-order valence-corrected chi connectivity index (χ1v) is 6.80. The lowest BCUT2D eigenvalue weighted by molar-refractivity contribution is -0.121. The fraction of sp³-hybridized carbons (Fsp3) is 0.467. The third kappa shape index (κ3) is 4.45. The first-order chi connectivity index (χ1) is 10.2. The summed E-state index contributed by atoms with van der Waals surface area (Å²) in [4.78, 5) is 11.8. The van der Waals surface area contributed by atoms with Gasteiger partial charge in [0.25, 0.3) is 0 Å². The molecule has 6 heteroatoms. The van der Waals surface area contributed by atoms with Crippen molar-refractivity contribution in [3.63, 3.8) is 0 Å². The Morgan fingerprint density at radius 3 is 3.10 bits per heavy atom. The average molecular weight is 290 g/mol. The molecule has 0 aliphatic carbocycles. The normalized spacial score (nSPS) is 17.2. The van der Waals surface area contributed by atoms with Crippen LogP contribution >= 0.6 is 0 Å². The molecule has 0 spiro atoms. The van der Waals surface area contributed by atoms with E-state index in [-0.39, 0.29) is 18.6 Å². The maximum Gasteiger partial charge on any atom is 0.250 e. The van der Waals surface area contributed by atoms with Crippen LogP contribution < -0.4 is 10.1 Å². The number of nitrogens with one attached hydrogen (secondary N) is 1. The maximum absolute atomic E-state index is 11.8. The molecule has 1 fully saturated rings. The molecule has 1 aliphatic heterocycles. The standard InChI is InChI=1S/C15H18N2O4/c1-19-14-7-11(8-16)4-5-13(14)17-15(18)10-20-9-12-3-2-6-21-12/h4-5,7,12H,2-3,6,9-10H2,1H3,(H,17,18). The molecule has 0 saturated carbocycles. The fourth-order valence-electron chi connectivity index (χ4n) is 2.11. The maximum atomic E-state index is 11.8. The molecule has 0 radical (unpaired) electrons. The van der Waals surface area contributed by atoms with Gasteiger partial charge in [-0.25, -0.2) is 0 Å². The number of benzene rings is 1. The number of carbonyl (C=O) groups excluding carboxylic acids is 1. The predicted octanol–water partition coefficient (Wildman–Crippen LogP) is 1.70. The van der Waals surface area contributed by atoms with E-state index in [9.17, 15) is 4.79 Å². The summed E-state index contributed by atoms with van der Waals surface area (Å²) in [6.45, 7) is 1.16. The second-order valence-corrected chi connectivity index (χ2v) is 4.73. The summed E-state index contributed by atoms with van der Waals surface area (Å²) >= 11 is 0. The van der Waals surface area contributed by atoms with Gasteiger partial charge in [-0.1, -0.05) is 0 Å². The third-order valence-corrected chi connectivity index (χ3v) is 3.17. The molecule has 1 N–H and O–H groups in total. The molecule has 1 saturated heterocycles. The Hall–Kier alpha value is -2.10. The highest BCUT2D eigenvalue weighted by atomic mass is 16.5. The summed E-state index contributed by atoms with van der Waals surface area (Å²) in [5.41, 5.74) is 0.988. The van der Waals surface area contributed by atoms with Crippen molar-refractivity contribution < 1.29 is 19.0 Å². The summed E-state index contributed by atoms with van der Waals surface area (Å²) in [5, 5.41) is 11.5. The minimum atomic E-state index is -0.268. The molecule has 0 bridgehead atoms. The minimum absolute atomic E-state index is 0.0387. The summed E-state index contributed by atoms with van der Waals surface area (Å²) in [6, 6.07) is 6.84. The SMILES string of the molecule is COc1cc(C#N)ccc1NC(=O)COCC1CCCO1. The molecule has 1 aromatic carbocycles. The van der Waals surface area contributed by atoms with Crippen molar-refractivity contribution in [2.75, 3.05) is 32.2 Å². The number of nitriles is 1. The molecule has 6 nitrogen and oxygen atoms in total. The Bertz CT molecular complexity index is 533. The van der Waals surface area contributed by atoms with Gasteiger partial charge >= 0.3 is 0 Å². The van der Waals surface area contributed by atoms with Crippen molar-refractivity contribution in [1.82, 2.24) is 0 Å². The molecule has 0 aromatic heterocycles. The number of methoxy groups -OCH3 is 1. The lowest BCUT2D eigenvalue weighted by Crippen LogP contribution is -2.22. The van der Waals surface area contributed by atoms with E-state index in [1.165, 1.54) is 7.11 Å². The number of hydrogen-bond donors (Lipinski definition) is 1. The second kappa shape index (κ2) is 7.62. The van der Waals surface area contributed by atoms with Gasteiger partial charge in [0.2, 0.25) is 5.91 Å². The van der Waals surface area contributed by atoms with Crippen molar-refractivity contribution in [1.29, 1.82) is 5.26 Å². The van der Waals surface area contributed by atoms with E-state index < -0.39 is 0 Å². The van der Waals surface area contributed by atoms with Crippen LogP contribution in [0, 0.1) is 11.3 Å². The van der Waals surface area contributed by atoms with Gasteiger partial charge in [-0.2, -0.15) is 5.26 Å². The summed E-state index contributed by atoms with van der Waals surface area (Å²) in [6.07, 6.45) is 2.12. The van der Waals surface area contributed by atoms with E-state index >= 15 is 0 Å². The van der Waals surface area contributed by atoms with Gasteiger partial charge in [0.1, 0.15) is 12.4 Å². The highest BCUT2D eigenvalue weighted by Gasteiger charge is 2.16. The zero-order valence-electron chi connectivity index (χ0n) is 11.9. The van der Waals surface area contributed by atoms with Crippen LogP contribution in [0.3, 0.4) is 0 Å². The van der Waals surface area contributed by atoms with E-state index in [0.29, 0.717) is 23.6 Å². The number of ether oxygens (including phenoxy) is 3. The lowest BCUT2D eigenvalue weighted by atomic mass is 10.2. The van der Waals surface area contributed by atoms with Crippen molar-refractivity contribution in [2.24, 2.45) is 0 Å². The molecule has 21 heavy (non-hydrogen) atoms. The fourth-order valence-corrected chi connectivity index (χ4v) is 2.11. The molecule has 1 heterocycles. The van der Waals surface area contributed by atoms with E-state index in [1.807, 2.05) is 6.07 Å². The molecule has 1 aliphatic rings. The molecule has 1 aromatic rings. The van der Waals surface area contributed by atoms with Crippen LogP contribution in [0.5, 0.6) is 5.75 Å². The average Bonchev–Trinajstić information content (AvgIpc) is 3.01. The van der Waals surface area contributed by atoms with Crippen molar-refractivity contribution in [2.45, 2.75) is 18.9 Å². The summed E-state index contributed by atoms with van der Waals surface area (Å²) < 4.78 is 15.9. The molecule has 2 rings (SSSR count). The largest absolute Gasteiger partial charge is 0.495 e. The van der Waals surface area contributed by atoms with Crippen molar-refractivity contribution >= 4 is 11.6 Å². The molecular formula is C15H18N2O4. The first-order valence-electron chi connectivity index (χ1n) is 6.80. The molecule has 1 atom stereocenters. The molecule has 112 valence electrons. The molecule has 1 amide bonds. The van der Waals surface area contributed by atoms with Gasteiger partial charge < -0.3 is 19.5 Å². The van der Waals surface area contributed by atoms with Crippen LogP contribution in [0.15, 0.2) is 18.2 Å². The van der Waals surface area contributed by atoms with Crippen LogP contribution in [-0.4, -0.2) is 38.9 Å². The number of nitrogens with zero attached hydrogens (tertiary/aromatic N) is 1. The first kappa shape index (κ1) is 15.3. The quantitative estimate of drug-likeness (QED) is 0.862. The van der Waals surface area contributed by atoms with Gasteiger partial charge in [-0.3, -0.25) is 4.79 Å². The number of carbonyl (C=O) groups is 1. The highest BCUT2D eigenvalue weighted by molar-refractivity contribution is 5.93. The van der Waals surface area contributed by atoms with Gasteiger partial charge in [0, 0.05) is 12.7 Å². The Labute approximate surface area is 123 Å². The van der Waals surface area contributed by atoms with Crippen LogP contribution in [-0.2, 0) is 14.3 Å². The predicted molar refractivity (Wildman–Crippen MR) is 76.1 cm³/mol. The van der Waals surface area contributed by atoms with E-state index in [4.69, 9.17) is 19.5 Å².